The van der Waals surface area contributed by atoms with Crippen LogP contribution in [0.15, 0.2) is 64.4 Å². The number of anilines is 1. The minimum Gasteiger partial charge on any atom is -0.378 e. The fraction of sp³-hybridized carbons (Fsp3) is 0.263. The molecule has 0 aromatic heterocycles. The molecule has 0 spiro atoms. The predicted octanol–water partition coefficient (Wildman–Crippen LogP) is 4.77. The molecule has 3 atom stereocenters. The summed E-state index contributed by atoms with van der Waals surface area (Å²) in [7, 11) is -3.80. The van der Waals surface area contributed by atoms with E-state index in [-0.39, 0.29) is 39.4 Å². The molecule has 1 aliphatic heterocycles. The van der Waals surface area contributed by atoms with Crippen molar-refractivity contribution in [2.75, 3.05) is 5.32 Å². The number of nitrogens with two attached hydrogens (primary N) is 1. The minimum atomic E-state index is -4.31. The fourth-order valence-electron chi connectivity index (χ4n) is 3.96. The molecule has 2 aliphatic rings. The third-order valence-corrected chi connectivity index (χ3v) is 6.79. The standard InChI is InChI=1S/C19H17F3N2O2S2/c20-19(21,22)27-12-6-4-11(5-7-12)18-15-3-1-2-14(15)16-10-13(28(23,25)26)8-9-17(16)24-18/h1-2,4-10,14-15,18,24H,3H2,(H2,23,25,26). The normalized spacial score (nSPS) is 23.8. The molecule has 1 heterocycles. The third-order valence-electron chi connectivity index (χ3n) is 5.14. The van der Waals surface area contributed by atoms with Crippen LogP contribution in [-0.2, 0) is 10.0 Å². The van der Waals surface area contributed by atoms with Crippen molar-refractivity contribution >= 4 is 27.5 Å². The number of nitrogens with one attached hydrogen (secondary N) is 1. The number of primary sulfonamides is 1. The number of sulfonamides is 1. The average Bonchev–Trinajstić information content (AvgIpc) is 3.09. The van der Waals surface area contributed by atoms with Crippen molar-refractivity contribution in [3.05, 3.63) is 65.7 Å². The summed E-state index contributed by atoms with van der Waals surface area (Å²) in [5.74, 6) is 0.163. The Morgan fingerprint density at radius 3 is 2.46 bits per heavy atom. The van der Waals surface area contributed by atoms with E-state index in [1.54, 1.807) is 24.3 Å². The van der Waals surface area contributed by atoms with Crippen LogP contribution in [0, 0.1) is 5.92 Å². The van der Waals surface area contributed by atoms with Gasteiger partial charge in [-0.15, -0.1) is 0 Å². The van der Waals surface area contributed by atoms with Crippen LogP contribution in [0.5, 0.6) is 0 Å². The van der Waals surface area contributed by atoms with Crippen molar-refractivity contribution in [2.24, 2.45) is 11.1 Å². The monoisotopic (exact) mass is 426 g/mol. The van der Waals surface area contributed by atoms with E-state index in [1.165, 1.54) is 18.2 Å². The number of benzene rings is 2. The summed E-state index contributed by atoms with van der Waals surface area (Å²) in [5, 5.41) is 8.68. The van der Waals surface area contributed by atoms with Gasteiger partial charge in [0.15, 0.2) is 0 Å². The Hall–Kier alpha value is -1.97. The number of hydrogen-bond donors (Lipinski definition) is 2. The zero-order chi connectivity index (χ0) is 20.1. The number of rotatable bonds is 3. The summed E-state index contributed by atoms with van der Waals surface area (Å²) in [6.07, 6.45) is 4.90. The molecule has 0 saturated carbocycles. The molecule has 4 nitrogen and oxygen atoms in total. The van der Waals surface area contributed by atoms with Crippen molar-refractivity contribution in [3.63, 3.8) is 0 Å². The van der Waals surface area contributed by atoms with Crippen LogP contribution in [0.1, 0.15) is 29.5 Å². The maximum atomic E-state index is 12.5. The molecule has 0 radical (unpaired) electrons. The van der Waals surface area contributed by atoms with Crippen LogP contribution in [-0.4, -0.2) is 13.9 Å². The Morgan fingerprint density at radius 1 is 1.11 bits per heavy atom. The second kappa shape index (κ2) is 6.82. The first kappa shape index (κ1) is 19.4. The molecule has 0 saturated heterocycles. The van der Waals surface area contributed by atoms with E-state index in [2.05, 4.69) is 17.5 Å². The second-order valence-electron chi connectivity index (χ2n) is 6.89. The Labute approximate surface area is 165 Å². The van der Waals surface area contributed by atoms with Gasteiger partial charge in [-0.3, -0.25) is 0 Å². The Bertz CT molecular complexity index is 1030. The van der Waals surface area contributed by atoms with Crippen LogP contribution in [0.4, 0.5) is 18.9 Å². The van der Waals surface area contributed by atoms with Crippen LogP contribution < -0.4 is 10.5 Å². The number of hydrogen-bond acceptors (Lipinski definition) is 4. The summed E-state index contributed by atoms with van der Waals surface area (Å²) in [6, 6.07) is 11.1. The van der Waals surface area contributed by atoms with E-state index in [0.29, 0.717) is 0 Å². The molecule has 3 N–H and O–H groups in total. The highest BCUT2D eigenvalue weighted by Crippen LogP contribution is 2.50. The van der Waals surface area contributed by atoms with Gasteiger partial charge in [-0.05, 0) is 65.6 Å². The lowest BCUT2D eigenvalue weighted by Crippen LogP contribution is -2.29. The highest BCUT2D eigenvalue weighted by atomic mass is 32.2. The lowest BCUT2D eigenvalue weighted by atomic mass is 9.77. The van der Waals surface area contributed by atoms with Gasteiger partial charge < -0.3 is 5.32 Å². The molecule has 2 aromatic carbocycles. The number of thioether (sulfide) groups is 1. The Balaban J connectivity index is 1.66. The van der Waals surface area contributed by atoms with Crippen molar-refractivity contribution in [1.29, 1.82) is 0 Å². The molecular weight excluding hydrogens is 409 g/mol. The number of allylic oxidation sites excluding steroid dienone is 2. The number of fused-ring (bicyclic) bond motifs is 3. The molecule has 1 aliphatic carbocycles. The van der Waals surface area contributed by atoms with E-state index in [0.717, 1.165) is 23.2 Å². The summed E-state index contributed by atoms with van der Waals surface area (Å²) >= 11 is -0.133. The highest BCUT2D eigenvalue weighted by molar-refractivity contribution is 8.00. The minimum absolute atomic E-state index is 0.0205. The first-order chi connectivity index (χ1) is 13.1. The van der Waals surface area contributed by atoms with Gasteiger partial charge in [-0.2, -0.15) is 13.2 Å². The Morgan fingerprint density at radius 2 is 1.82 bits per heavy atom. The lowest BCUT2D eigenvalue weighted by Gasteiger charge is -2.37. The molecule has 9 heteroatoms. The molecular formula is C19H17F3N2O2S2. The van der Waals surface area contributed by atoms with Gasteiger partial charge in [0.2, 0.25) is 10.0 Å². The fourth-order valence-corrected chi connectivity index (χ4v) is 5.04. The third kappa shape index (κ3) is 3.78. The Kier molecular flexibility index (Phi) is 4.71. The van der Waals surface area contributed by atoms with Gasteiger partial charge in [-0.1, -0.05) is 24.3 Å². The van der Waals surface area contributed by atoms with Gasteiger partial charge >= 0.3 is 5.51 Å². The zero-order valence-corrected chi connectivity index (χ0v) is 16.1. The van der Waals surface area contributed by atoms with Gasteiger partial charge in [0.25, 0.3) is 0 Å². The van der Waals surface area contributed by atoms with Crippen molar-refractivity contribution in [2.45, 2.75) is 33.7 Å². The SMILES string of the molecule is NS(=O)(=O)c1ccc2c(c1)C1C=CCC1C(c1ccc(SC(F)(F)F)cc1)N2. The predicted molar refractivity (Wildman–Crippen MR) is 103 cm³/mol. The maximum absolute atomic E-state index is 12.5. The first-order valence-electron chi connectivity index (χ1n) is 8.57. The average molecular weight is 426 g/mol. The van der Waals surface area contributed by atoms with E-state index in [1.807, 2.05) is 0 Å². The van der Waals surface area contributed by atoms with Crippen molar-refractivity contribution in [3.8, 4) is 0 Å². The molecule has 0 bridgehead atoms. The van der Waals surface area contributed by atoms with Gasteiger partial charge in [0.05, 0.1) is 10.9 Å². The lowest BCUT2D eigenvalue weighted by molar-refractivity contribution is -0.0328. The summed E-state index contributed by atoms with van der Waals surface area (Å²) in [6.45, 7) is 0. The molecule has 28 heavy (non-hydrogen) atoms. The summed E-state index contributed by atoms with van der Waals surface area (Å²) in [4.78, 5) is 0.213. The topological polar surface area (TPSA) is 72.2 Å². The van der Waals surface area contributed by atoms with E-state index in [9.17, 15) is 21.6 Å². The second-order valence-corrected chi connectivity index (χ2v) is 9.59. The van der Waals surface area contributed by atoms with Crippen LogP contribution in [0.25, 0.3) is 0 Å². The van der Waals surface area contributed by atoms with E-state index < -0.39 is 15.5 Å². The zero-order valence-electron chi connectivity index (χ0n) is 14.5. The van der Waals surface area contributed by atoms with E-state index >= 15 is 0 Å². The largest absolute Gasteiger partial charge is 0.446 e. The molecule has 148 valence electrons. The van der Waals surface area contributed by atoms with Gasteiger partial charge in [0.1, 0.15) is 0 Å². The van der Waals surface area contributed by atoms with Gasteiger partial charge in [-0.25, -0.2) is 13.6 Å². The summed E-state index contributed by atoms with van der Waals surface area (Å²) in [5.41, 5.74) is -1.75. The summed E-state index contributed by atoms with van der Waals surface area (Å²) < 4.78 is 61.0. The number of alkyl halides is 3. The van der Waals surface area contributed by atoms with Crippen molar-refractivity contribution < 1.29 is 21.6 Å². The smallest absolute Gasteiger partial charge is 0.378 e. The highest BCUT2D eigenvalue weighted by Gasteiger charge is 2.38. The molecule has 0 amide bonds. The molecule has 2 aromatic rings. The van der Waals surface area contributed by atoms with Crippen LogP contribution in [0.2, 0.25) is 0 Å². The van der Waals surface area contributed by atoms with E-state index in [4.69, 9.17) is 5.14 Å². The first-order valence-corrected chi connectivity index (χ1v) is 10.9. The van der Waals surface area contributed by atoms with Gasteiger partial charge in [0, 0.05) is 16.5 Å². The quantitative estimate of drug-likeness (QED) is 0.548. The molecule has 0 fully saturated rings. The maximum Gasteiger partial charge on any atom is 0.446 e. The van der Waals surface area contributed by atoms with Crippen LogP contribution >= 0.6 is 11.8 Å². The number of halogens is 3. The van der Waals surface area contributed by atoms with Crippen molar-refractivity contribution in [1.82, 2.24) is 0 Å². The molecule has 4 rings (SSSR count). The molecule has 3 unspecified atom stereocenters. The van der Waals surface area contributed by atoms with Crippen LogP contribution in [0.3, 0.4) is 0 Å².